The lowest BCUT2D eigenvalue weighted by Crippen LogP contribution is -2.47. The van der Waals surface area contributed by atoms with Gasteiger partial charge in [-0.1, -0.05) is 0 Å². The minimum atomic E-state index is -3.61. The molecule has 2 unspecified atom stereocenters. The fraction of sp³-hybridized carbons (Fsp3) is 0.909. The first-order valence-electron chi connectivity index (χ1n) is 6.31. The summed E-state index contributed by atoms with van der Waals surface area (Å²) in [5, 5.41) is 9.09. The molecule has 0 saturated carbocycles. The number of carbonyl (C=O) groups is 1. The first kappa shape index (κ1) is 14.7. The third kappa shape index (κ3) is 2.91. The number of aliphatic hydroxyl groups is 1. The molecule has 2 aliphatic heterocycles. The molecule has 0 spiro atoms. The summed E-state index contributed by atoms with van der Waals surface area (Å²) in [5.41, 5.74) is 0. The van der Waals surface area contributed by atoms with Gasteiger partial charge in [-0.25, -0.2) is 8.42 Å². The van der Waals surface area contributed by atoms with E-state index >= 15 is 0 Å². The molecule has 0 aromatic heterocycles. The quantitative estimate of drug-likeness (QED) is 0.678. The second-order valence-corrected chi connectivity index (χ2v) is 7.02. The molecule has 0 amide bonds. The van der Waals surface area contributed by atoms with Gasteiger partial charge in [0, 0.05) is 26.2 Å². The first-order chi connectivity index (χ1) is 8.96. The summed E-state index contributed by atoms with van der Waals surface area (Å²) in [7, 11) is -2.39. The third-order valence-electron chi connectivity index (χ3n) is 3.62. The maximum Gasteiger partial charge on any atom is 0.324 e. The van der Waals surface area contributed by atoms with Gasteiger partial charge in [0.2, 0.25) is 10.0 Å². The van der Waals surface area contributed by atoms with Crippen molar-refractivity contribution in [2.24, 2.45) is 0 Å². The smallest absolute Gasteiger partial charge is 0.324 e. The van der Waals surface area contributed by atoms with Gasteiger partial charge in [-0.2, -0.15) is 4.31 Å². The molecule has 0 radical (unpaired) electrons. The Balaban J connectivity index is 2.19. The average molecular weight is 293 g/mol. The molecule has 0 aromatic rings. The first-order valence-corrected chi connectivity index (χ1v) is 7.81. The maximum absolute atomic E-state index is 12.5. The highest BCUT2D eigenvalue weighted by Gasteiger charge is 2.46. The zero-order valence-corrected chi connectivity index (χ0v) is 11.6. The number of sulfonamides is 1. The Morgan fingerprint density at radius 2 is 2.00 bits per heavy atom. The summed E-state index contributed by atoms with van der Waals surface area (Å²) in [6.07, 6.45) is 0.111. The molecule has 110 valence electrons. The van der Waals surface area contributed by atoms with Crippen molar-refractivity contribution >= 4 is 16.0 Å². The van der Waals surface area contributed by atoms with Gasteiger partial charge in [0.15, 0.2) is 0 Å². The van der Waals surface area contributed by atoms with E-state index < -0.39 is 33.4 Å². The van der Waals surface area contributed by atoms with E-state index in [-0.39, 0.29) is 13.0 Å². The Morgan fingerprint density at radius 1 is 1.37 bits per heavy atom. The predicted octanol–water partition coefficient (Wildman–Crippen LogP) is -0.897. The summed E-state index contributed by atoms with van der Waals surface area (Å²) >= 11 is 0. The number of nitrogens with zero attached hydrogens (tertiary/aromatic N) is 1. The average Bonchev–Trinajstić information content (AvgIpc) is 2.81. The van der Waals surface area contributed by atoms with Crippen LogP contribution in [0.15, 0.2) is 0 Å². The fourth-order valence-electron chi connectivity index (χ4n) is 2.58. The SMILES string of the molecule is COC(=O)C1CC(O)CN1S(=O)(=O)C1CCOCC1. The minimum absolute atomic E-state index is 0.0422. The van der Waals surface area contributed by atoms with Gasteiger partial charge in [-0.3, -0.25) is 4.79 Å². The summed E-state index contributed by atoms with van der Waals surface area (Å²) in [4.78, 5) is 11.6. The van der Waals surface area contributed by atoms with E-state index in [9.17, 15) is 18.3 Å². The highest BCUT2D eigenvalue weighted by atomic mass is 32.2. The van der Waals surface area contributed by atoms with Crippen LogP contribution in [0.3, 0.4) is 0 Å². The Labute approximate surface area is 112 Å². The monoisotopic (exact) mass is 293 g/mol. The highest BCUT2D eigenvalue weighted by molar-refractivity contribution is 7.89. The second-order valence-electron chi connectivity index (χ2n) is 4.85. The third-order valence-corrected chi connectivity index (χ3v) is 5.99. The van der Waals surface area contributed by atoms with Crippen molar-refractivity contribution in [3.63, 3.8) is 0 Å². The number of aliphatic hydroxyl groups excluding tert-OH is 1. The van der Waals surface area contributed by atoms with E-state index in [2.05, 4.69) is 4.74 Å². The summed E-state index contributed by atoms with van der Waals surface area (Å²) in [6, 6.07) is -0.909. The van der Waals surface area contributed by atoms with Crippen LogP contribution in [0, 0.1) is 0 Å². The van der Waals surface area contributed by atoms with E-state index in [1.807, 2.05) is 0 Å². The molecule has 0 aliphatic carbocycles. The molecule has 19 heavy (non-hydrogen) atoms. The largest absolute Gasteiger partial charge is 0.468 e. The molecule has 2 saturated heterocycles. The van der Waals surface area contributed by atoms with Gasteiger partial charge in [0.1, 0.15) is 6.04 Å². The van der Waals surface area contributed by atoms with Crippen LogP contribution < -0.4 is 0 Å². The lowest BCUT2D eigenvalue weighted by atomic mass is 10.2. The van der Waals surface area contributed by atoms with Gasteiger partial charge in [0.25, 0.3) is 0 Å². The highest BCUT2D eigenvalue weighted by Crippen LogP contribution is 2.28. The summed E-state index contributed by atoms with van der Waals surface area (Å²) in [5.74, 6) is -0.618. The number of hydrogen-bond donors (Lipinski definition) is 1. The molecule has 0 aromatic carbocycles. The van der Waals surface area contributed by atoms with Gasteiger partial charge < -0.3 is 14.6 Å². The van der Waals surface area contributed by atoms with Crippen molar-refractivity contribution < 1.29 is 27.8 Å². The molecule has 2 rings (SSSR count). The molecule has 2 aliphatic rings. The second kappa shape index (κ2) is 5.74. The number of carbonyl (C=O) groups excluding carboxylic acids is 1. The topological polar surface area (TPSA) is 93.1 Å². The van der Waals surface area contributed by atoms with Crippen molar-refractivity contribution in [3.05, 3.63) is 0 Å². The van der Waals surface area contributed by atoms with Crippen LogP contribution in [0.1, 0.15) is 19.3 Å². The van der Waals surface area contributed by atoms with Crippen molar-refractivity contribution in [2.45, 2.75) is 36.7 Å². The van der Waals surface area contributed by atoms with Crippen molar-refractivity contribution in [1.82, 2.24) is 4.31 Å². The number of β-amino-alcohol motifs (C(OH)–C–C–N with tert-alkyl or cyclic N) is 1. The van der Waals surface area contributed by atoms with Crippen molar-refractivity contribution in [3.8, 4) is 0 Å². The number of methoxy groups -OCH3 is 1. The van der Waals surface area contributed by atoms with E-state index in [0.717, 1.165) is 4.31 Å². The van der Waals surface area contributed by atoms with E-state index in [1.54, 1.807) is 0 Å². The molecule has 2 fully saturated rings. The summed E-state index contributed by atoms with van der Waals surface area (Å²) in [6.45, 7) is 0.770. The molecular weight excluding hydrogens is 274 g/mol. The number of esters is 1. The normalized spacial score (nSPS) is 30.4. The lowest BCUT2D eigenvalue weighted by Gasteiger charge is -2.29. The minimum Gasteiger partial charge on any atom is -0.468 e. The Bertz CT molecular complexity index is 430. The van der Waals surface area contributed by atoms with Crippen LogP contribution in [0.5, 0.6) is 0 Å². The zero-order valence-electron chi connectivity index (χ0n) is 10.8. The molecule has 2 atom stereocenters. The van der Waals surface area contributed by atoms with Crippen LogP contribution in [-0.2, 0) is 24.3 Å². The molecule has 1 N–H and O–H groups in total. The van der Waals surface area contributed by atoms with Crippen LogP contribution in [0.25, 0.3) is 0 Å². The van der Waals surface area contributed by atoms with Gasteiger partial charge in [-0.15, -0.1) is 0 Å². The van der Waals surface area contributed by atoms with Crippen LogP contribution in [-0.4, -0.2) is 68.1 Å². The maximum atomic E-state index is 12.5. The lowest BCUT2D eigenvalue weighted by molar-refractivity contribution is -0.144. The fourth-order valence-corrected chi connectivity index (χ4v) is 4.66. The van der Waals surface area contributed by atoms with Crippen molar-refractivity contribution in [1.29, 1.82) is 0 Å². The molecule has 8 heteroatoms. The van der Waals surface area contributed by atoms with E-state index in [0.29, 0.717) is 26.1 Å². The molecule has 7 nitrogen and oxygen atoms in total. The van der Waals surface area contributed by atoms with Gasteiger partial charge in [-0.05, 0) is 12.8 Å². The van der Waals surface area contributed by atoms with E-state index in [4.69, 9.17) is 4.74 Å². The number of rotatable bonds is 3. The van der Waals surface area contributed by atoms with E-state index in [1.165, 1.54) is 7.11 Å². The van der Waals surface area contributed by atoms with Gasteiger partial charge >= 0.3 is 5.97 Å². The molecular formula is C11H19NO6S. The number of ether oxygens (including phenoxy) is 2. The predicted molar refractivity (Wildman–Crippen MR) is 65.9 cm³/mol. The summed E-state index contributed by atoms with van der Waals surface area (Å²) < 4.78 is 35.9. The van der Waals surface area contributed by atoms with Crippen LogP contribution in [0.2, 0.25) is 0 Å². The Hall–Kier alpha value is -0.700. The van der Waals surface area contributed by atoms with Crippen LogP contribution in [0.4, 0.5) is 0 Å². The van der Waals surface area contributed by atoms with Crippen molar-refractivity contribution in [2.75, 3.05) is 26.9 Å². The van der Waals surface area contributed by atoms with Gasteiger partial charge in [0.05, 0.1) is 18.5 Å². The Morgan fingerprint density at radius 3 is 2.58 bits per heavy atom. The molecule has 0 bridgehead atoms. The van der Waals surface area contributed by atoms with Crippen LogP contribution >= 0.6 is 0 Å². The standard InChI is InChI=1S/C11H19NO6S/c1-17-11(14)10-6-8(13)7-12(10)19(15,16)9-2-4-18-5-3-9/h8-10,13H,2-7H2,1H3. The Kier molecular flexibility index (Phi) is 4.44. The zero-order chi connectivity index (χ0) is 14.0. The molecule has 2 heterocycles. The number of hydrogen-bond acceptors (Lipinski definition) is 6.